The molecule has 6 heteroatoms. The van der Waals surface area contributed by atoms with Gasteiger partial charge in [0.1, 0.15) is 5.84 Å². The molecule has 20 heavy (non-hydrogen) atoms. The van der Waals surface area contributed by atoms with Crippen LogP contribution in [0.4, 0.5) is 0 Å². The van der Waals surface area contributed by atoms with Crippen molar-refractivity contribution < 1.29 is 10.0 Å². The first kappa shape index (κ1) is 14.8. The Labute approximate surface area is 126 Å². The predicted octanol–water partition coefficient (Wildman–Crippen LogP) is 2.40. The Morgan fingerprint density at radius 3 is 2.85 bits per heavy atom. The smallest absolute Gasteiger partial charge is 0.251 e. The maximum atomic E-state index is 12.3. The number of hydrogen-bond donors (Lipinski definition) is 3. The van der Waals surface area contributed by atoms with Crippen LogP contribution >= 0.6 is 15.9 Å². The Bertz CT molecular complexity index is 525. The van der Waals surface area contributed by atoms with E-state index in [0.717, 1.165) is 29.3 Å². The maximum absolute atomic E-state index is 12.3. The molecule has 1 fully saturated rings. The van der Waals surface area contributed by atoms with Crippen LogP contribution in [0.25, 0.3) is 0 Å². The standard InChI is InChI=1S/C14H18BrN3O2/c1-8-5-9(7-10(15)6-8)14(19)17-12-4-2-3-11(12)13(16)18-20/h5-7,11-12,20H,2-4H2,1H3,(H2,16,18)(H,17,19). The molecule has 0 heterocycles. The number of nitrogens with two attached hydrogens (primary N) is 1. The van der Waals surface area contributed by atoms with Crippen LogP contribution in [0.5, 0.6) is 0 Å². The van der Waals surface area contributed by atoms with Gasteiger partial charge in [-0.05, 0) is 43.5 Å². The number of oxime groups is 1. The van der Waals surface area contributed by atoms with E-state index in [4.69, 9.17) is 10.9 Å². The second-order valence-corrected chi connectivity index (χ2v) is 6.08. The molecule has 0 spiro atoms. The van der Waals surface area contributed by atoms with Crippen molar-refractivity contribution in [2.45, 2.75) is 32.2 Å². The summed E-state index contributed by atoms with van der Waals surface area (Å²) in [6.07, 6.45) is 2.64. The first-order chi connectivity index (χ1) is 9.51. The van der Waals surface area contributed by atoms with Gasteiger partial charge in [-0.2, -0.15) is 0 Å². The van der Waals surface area contributed by atoms with Gasteiger partial charge in [-0.15, -0.1) is 0 Å². The quantitative estimate of drug-likeness (QED) is 0.342. The molecule has 0 aromatic heterocycles. The van der Waals surface area contributed by atoms with Gasteiger partial charge < -0.3 is 16.3 Å². The number of carbonyl (C=O) groups is 1. The molecule has 2 unspecified atom stereocenters. The van der Waals surface area contributed by atoms with Gasteiger partial charge in [0, 0.05) is 22.0 Å². The van der Waals surface area contributed by atoms with Crippen LogP contribution in [0.3, 0.4) is 0 Å². The molecule has 2 atom stereocenters. The minimum Gasteiger partial charge on any atom is -0.409 e. The maximum Gasteiger partial charge on any atom is 0.251 e. The lowest BCUT2D eigenvalue weighted by Gasteiger charge is -2.20. The molecule has 2 rings (SSSR count). The van der Waals surface area contributed by atoms with E-state index in [9.17, 15) is 4.79 Å². The zero-order chi connectivity index (χ0) is 14.7. The molecule has 1 aromatic rings. The van der Waals surface area contributed by atoms with E-state index < -0.39 is 0 Å². The van der Waals surface area contributed by atoms with Crippen molar-refractivity contribution in [1.29, 1.82) is 0 Å². The normalized spacial score (nSPS) is 22.8. The zero-order valence-electron chi connectivity index (χ0n) is 11.3. The second-order valence-electron chi connectivity index (χ2n) is 5.16. The Kier molecular flexibility index (Phi) is 4.65. The number of carbonyl (C=O) groups excluding carboxylic acids is 1. The van der Waals surface area contributed by atoms with Crippen molar-refractivity contribution in [2.75, 3.05) is 0 Å². The Morgan fingerprint density at radius 2 is 2.20 bits per heavy atom. The van der Waals surface area contributed by atoms with Gasteiger partial charge in [0.15, 0.2) is 0 Å². The summed E-state index contributed by atoms with van der Waals surface area (Å²) in [5.74, 6) is -0.0209. The second kappa shape index (κ2) is 6.26. The number of nitrogens with one attached hydrogen (secondary N) is 1. The molecular weight excluding hydrogens is 322 g/mol. The van der Waals surface area contributed by atoms with E-state index in [2.05, 4.69) is 26.4 Å². The van der Waals surface area contributed by atoms with Gasteiger partial charge in [0.2, 0.25) is 0 Å². The van der Waals surface area contributed by atoms with Crippen molar-refractivity contribution >= 4 is 27.7 Å². The SMILES string of the molecule is Cc1cc(Br)cc(C(=O)NC2CCCC2/C(N)=N/O)c1. The lowest BCUT2D eigenvalue weighted by Crippen LogP contribution is -2.42. The Hall–Kier alpha value is -1.56. The molecule has 1 saturated carbocycles. The monoisotopic (exact) mass is 339 g/mol. The fourth-order valence-corrected chi connectivity index (χ4v) is 3.29. The summed E-state index contributed by atoms with van der Waals surface area (Å²) in [5.41, 5.74) is 7.30. The summed E-state index contributed by atoms with van der Waals surface area (Å²) in [6.45, 7) is 1.94. The van der Waals surface area contributed by atoms with E-state index >= 15 is 0 Å². The van der Waals surface area contributed by atoms with Crippen molar-refractivity contribution in [2.24, 2.45) is 16.8 Å². The van der Waals surface area contributed by atoms with Crippen molar-refractivity contribution in [1.82, 2.24) is 5.32 Å². The van der Waals surface area contributed by atoms with Crippen molar-refractivity contribution in [3.05, 3.63) is 33.8 Å². The molecule has 0 saturated heterocycles. The molecule has 1 aromatic carbocycles. The number of aryl methyl sites for hydroxylation is 1. The summed E-state index contributed by atoms with van der Waals surface area (Å²) in [7, 11) is 0. The van der Waals surface area contributed by atoms with Gasteiger partial charge in [-0.1, -0.05) is 27.5 Å². The van der Waals surface area contributed by atoms with Crippen LogP contribution in [0.1, 0.15) is 35.2 Å². The largest absolute Gasteiger partial charge is 0.409 e. The molecule has 5 nitrogen and oxygen atoms in total. The van der Waals surface area contributed by atoms with Crippen LogP contribution in [-0.4, -0.2) is 23.0 Å². The third kappa shape index (κ3) is 3.30. The highest BCUT2D eigenvalue weighted by atomic mass is 79.9. The fourth-order valence-electron chi connectivity index (χ4n) is 2.68. The fraction of sp³-hybridized carbons (Fsp3) is 0.429. The molecule has 1 aliphatic rings. The molecule has 0 aliphatic heterocycles. The number of hydrogen-bond acceptors (Lipinski definition) is 3. The number of halogens is 1. The topological polar surface area (TPSA) is 87.7 Å². The highest BCUT2D eigenvalue weighted by molar-refractivity contribution is 9.10. The van der Waals surface area contributed by atoms with Crippen molar-refractivity contribution in [3.63, 3.8) is 0 Å². The third-order valence-corrected chi connectivity index (χ3v) is 4.09. The van der Waals surface area contributed by atoms with Crippen LogP contribution < -0.4 is 11.1 Å². The number of nitrogens with zero attached hydrogens (tertiary/aromatic N) is 1. The van der Waals surface area contributed by atoms with E-state index in [1.165, 1.54) is 0 Å². The average molecular weight is 340 g/mol. The van der Waals surface area contributed by atoms with Gasteiger partial charge in [0.05, 0.1) is 0 Å². The average Bonchev–Trinajstić information content (AvgIpc) is 2.84. The van der Waals surface area contributed by atoms with Crippen LogP contribution in [0.15, 0.2) is 27.8 Å². The van der Waals surface area contributed by atoms with Crippen molar-refractivity contribution in [3.8, 4) is 0 Å². The Morgan fingerprint density at radius 1 is 1.45 bits per heavy atom. The molecule has 1 aliphatic carbocycles. The van der Waals surface area contributed by atoms with E-state index in [0.29, 0.717) is 5.56 Å². The number of benzene rings is 1. The molecule has 0 radical (unpaired) electrons. The first-order valence-electron chi connectivity index (χ1n) is 6.56. The molecule has 4 N–H and O–H groups in total. The highest BCUT2D eigenvalue weighted by Crippen LogP contribution is 2.26. The summed E-state index contributed by atoms with van der Waals surface area (Å²) in [5, 5.41) is 14.8. The van der Waals surface area contributed by atoms with Gasteiger partial charge in [-0.3, -0.25) is 4.79 Å². The highest BCUT2D eigenvalue weighted by Gasteiger charge is 2.31. The summed E-state index contributed by atoms with van der Waals surface area (Å²) < 4.78 is 0.877. The minimum absolute atomic E-state index is 0.0716. The number of amidine groups is 1. The van der Waals surface area contributed by atoms with Gasteiger partial charge in [-0.25, -0.2) is 0 Å². The van der Waals surface area contributed by atoms with Crippen LogP contribution in [0, 0.1) is 12.8 Å². The number of amides is 1. The molecular formula is C14H18BrN3O2. The van der Waals surface area contributed by atoms with Crippen LogP contribution in [0.2, 0.25) is 0 Å². The lowest BCUT2D eigenvalue weighted by molar-refractivity contribution is 0.0933. The first-order valence-corrected chi connectivity index (χ1v) is 7.36. The lowest BCUT2D eigenvalue weighted by atomic mass is 10.0. The summed E-state index contributed by atoms with van der Waals surface area (Å²) in [4.78, 5) is 12.3. The van der Waals surface area contributed by atoms with E-state index in [1.54, 1.807) is 6.07 Å². The van der Waals surface area contributed by atoms with Gasteiger partial charge in [0.25, 0.3) is 5.91 Å². The van der Waals surface area contributed by atoms with Gasteiger partial charge >= 0.3 is 0 Å². The third-order valence-electron chi connectivity index (χ3n) is 3.63. The Balaban J connectivity index is 2.11. The molecule has 1 amide bonds. The number of rotatable bonds is 3. The summed E-state index contributed by atoms with van der Waals surface area (Å²) in [6, 6.07) is 5.51. The minimum atomic E-state index is -0.128. The van der Waals surface area contributed by atoms with Crippen LogP contribution in [-0.2, 0) is 0 Å². The zero-order valence-corrected chi connectivity index (χ0v) is 12.9. The van der Waals surface area contributed by atoms with E-state index in [1.807, 2.05) is 19.1 Å². The van der Waals surface area contributed by atoms with E-state index in [-0.39, 0.29) is 23.7 Å². The molecule has 0 bridgehead atoms. The summed E-state index contributed by atoms with van der Waals surface area (Å²) >= 11 is 3.39. The predicted molar refractivity (Wildman–Crippen MR) is 80.9 cm³/mol. The molecule has 108 valence electrons.